The highest BCUT2D eigenvalue weighted by atomic mass is 16.2. The van der Waals surface area contributed by atoms with E-state index in [4.69, 9.17) is 0 Å². The summed E-state index contributed by atoms with van der Waals surface area (Å²) in [6.45, 7) is 1.16. The van der Waals surface area contributed by atoms with Gasteiger partial charge in [0.05, 0.1) is 22.1 Å². The van der Waals surface area contributed by atoms with Crippen LogP contribution < -0.4 is 21.3 Å². The number of urea groups is 2. The lowest BCUT2D eigenvalue weighted by Gasteiger charge is -2.08. The number of hydrogen-bond acceptors (Lipinski definition) is 4. The molecule has 4 aromatic rings. The lowest BCUT2D eigenvalue weighted by molar-refractivity contribution is 0.250. The number of para-hydroxylation sites is 4. The van der Waals surface area contributed by atoms with Gasteiger partial charge in [-0.15, -0.1) is 0 Å². The first-order valence-electron chi connectivity index (χ1n) is 11.5. The van der Waals surface area contributed by atoms with E-state index < -0.39 is 0 Å². The van der Waals surface area contributed by atoms with Crippen molar-refractivity contribution in [1.82, 2.24) is 29.7 Å². The van der Waals surface area contributed by atoms with Crippen molar-refractivity contribution in [3.05, 3.63) is 48.5 Å². The molecule has 0 saturated carbocycles. The number of hydrogen-bond donors (Lipinski definition) is 4. The minimum Gasteiger partial charge on any atom is -0.338 e. The maximum absolute atomic E-state index is 12.1. The molecule has 0 saturated heterocycles. The SMILES string of the molecule is Cn1c(NC(=O)NCCCCCCNC(=O)Nc2nc3ccccc3n2C)nc2ccccc21. The summed E-state index contributed by atoms with van der Waals surface area (Å²) >= 11 is 0. The van der Waals surface area contributed by atoms with Crippen LogP contribution in [-0.4, -0.2) is 44.3 Å². The number of anilines is 2. The Morgan fingerprint density at radius 1 is 0.676 bits per heavy atom. The molecule has 0 unspecified atom stereocenters. The molecule has 0 spiro atoms. The Hall–Kier alpha value is -4.08. The van der Waals surface area contributed by atoms with Crippen LogP contribution in [0.1, 0.15) is 25.7 Å². The minimum absolute atomic E-state index is 0.265. The van der Waals surface area contributed by atoms with Gasteiger partial charge in [0.25, 0.3) is 0 Å². The first kappa shape index (κ1) is 23.1. The van der Waals surface area contributed by atoms with Gasteiger partial charge < -0.3 is 19.8 Å². The van der Waals surface area contributed by atoms with Crippen LogP contribution >= 0.6 is 0 Å². The maximum atomic E-state index is 12.1. The Morgan fingerprint density at radius 2 is 1.09 bits per heavy atom. The summed E-state index contributed by atoms with van der Waals surface area (Å²) in [4.78, 5) is 33.2. The summed E-state index contributed by atoms with van der Waals surface area (Å²) in [6.07, 6.45) is 3.64. The van der Waals surface area contributed by atoms with E-state index in [9.17, 15) is 9.59 Å². The number of aryl methyl sites for hydroxylation is 2. The maximum Gasteiger partial charge on any atom is 0.321 e. The summed E-state index contributed by atoms with van der Waals surface area (Å²) in [5.74, 6) is 1.03. The van der Waals surface area contributed by atoms with Crippen LogP contribution in [0, 0.1) is 0 Å². The Morgan fingerprint density at radius 3 is 1.50 bits per heavy atom. The number of aromatic nitrogens is 4. The zero-order chi connectivity index (χ0) is 23.9. The molecule has 0 radical (unpaired) electrons. The molecule has 10 heteroatoms. The third kappa shape index (κ3) is 5.45. The van der Waals surface area contributed by atoms with Crippen LogP contribution in [0.3, 0.4) is 0 Å². The van der Waals surface area contributed by atoms with Crippen LogP contribution in [0.4, 0.5) is 21.5 Å². The van der Waals surface area contributed by atoms with Crippen LogP contribution in [0.2, 0.25) is 0 Å². The Bertz CT molecular complexity index is 1190. The van der Waals surface area contributed by atoms with Crippen molar-refractivity contribution >= 4 is 46.0 Å². The fourth-order valence-corrected chi connectivity index (χ4v) is 3.81. The molecule has 34 heavy (non-hydrogen) atoms. The van der Waals surface area contributed by atoms with E-state index in [1.165, 1.54) is 0 Å². The molecule has 0 aliphatic carbocycles. The summed E-state index contributed by atoms with van der Waals surface area (Å²) < 4.78 is 3.71. The normalized spacial score (nSPS) is 11.0. The summed E-state index contributed by atoms with van der Waals surface area (Å²) in [5, 5.41) is 11.3. The monoisotopic (exact) mass is 462 g/mol. The predicted molar refractivity (Wildman–Crippen MR) is 134 cm³/mol. The number of nitrogens with one attached hydrogen (secondary N) is 4. The molecule has 0 atom stereocenters. The number of rotatable bonds is 9. The average molecular weight is 463 g/mol. The summed E-state index contributed by atoms with van der Waals surface area (Å²) in [5.41, 5.74) is 3.62. The van der Waals surface area contributed by atoms with E-state index in [1.54, 1.807) is 0 Å². The number of unbranched alkanes of at least 4 members (excludes halogenated alkanes) is 3. The lowest BCUT2D eigenvalue weighted by atomic mass is 10.2. The van der Waals surface area contributed by atoms with Crippen molar-refractivity contribution in [2.75, 3.05) is 23.7 Å². The molecule has 178 valence electrons. The molecule has 2 aromatic heterocycles. The fourth-order valence-electron chi connectivity index (χ4n) is 3.81. The van der Waals surface area contributed by atoms with Crippen LogP contribution in [0.25, 0.3) is 22.1 Å². The highest BCUT2D eigenvalue weighted by Crippen LogP contribution is 2.18. The molecule has 4 N–H and O–H groups in total. The Balaban J connectivity index is 1.07. The van der Waals surface area contributed by atoms with Gasteiger partial charge in [-0.05, 0) is 37.1 Å². The number of benzene rings is 2. The van der Waals surface area contributed by atoms with Gasteiger partial charge in [0.2, 0.25) is 11.9 Å². The second-order valence-electron chi connectivity index (χ2n) is 8.14. The topological polar surface area (TPSA) is 118 Å². The van der Waals surface area contributed by atoms with Crippen molar-refractivity contribution in [2.45, 2.75) is 25.7 Å². The molecule has 2 heterocycles. The van der Waals surface area contributed by atoms with E-state index in [-0.39, 0.29) is 12.1 Å². The molecule has 2 aromatic carbocycles. The van der Waals surface area contributed by atoms with Crippen LogP contribution in [0.15, 0.2) is 48.5 Å². The summed E-state index contributed by atoms with van der Waals surface area (Å²) in [6, 6.07) is 14.9. The Kier molecular flexibility index (Phi) is 7.26. The number of fused-ring (bicyclic) bond motifs is 2. The smallest absolute Gasteiger partial charge is 0.321 e. The fraction of sp³-hybridized carbons (Fsp3) is 0.333. The second kappa shape index (κ2) is 10.7. The van der Waals surface area contributed by atoms with Crippen LogP contribution in [-0.2, 0) is 14.1 Å². The van der Waals surface area contributed by atoms with E-state index in [1.807, 2.05) is 71.8 Å². The number of amides is 4. The van der Waals surface area contributed by atoms with Gasteiger partial charge in [0.15, 0.2) is 0 Å². The van der Waals surface area contributed by atoms with E-state index in [2.05, 4.69) is 31.2 Å². The number of carbonyl (C=O) groups excluding carboxylic acids is 2. The number of imidazole rings is 2. The third-order valence-corrected chi connectivity index (χ3v) is 5.70. The van der Waals surface area contributed by atoms with Gasteiger partial charge in [0.1, 0.15) is 0 Å². The molecular formula is C24H30N8O2. The zero-order valence-electron chi connectivity index (χ0n) is 19.5. The largest absolute Gasteiger partial charge is 0.338 e. The van der Waals surface area contributed by atoms with E-state index in [0.717, 1.165) is 47.8 Å². The Labute approximate surface area is 197 Å². The molecule has 0 bridgehead atoms. The van der Waals surface area contributed by atoms with Crippen LogP contribution in [0.5, 0.6) is 0 Å². The van der Waals surface area contributed by atoms with Gasteiger partial charge in [-0.25, -0.2) is 19.6 Å². The van der Waals surface area contributed by atoms with E-state index in [0.29, 0.717) is 25.0 Å². The molecule has 4 amide bonds. The van der Waals surface area contributed by atoms with Crippen molar-refractivity contribution < 1.29 is 9.59 Å². The average Bonchev–Trinajstić information content (AvgIpc) is 3.32. The quantitative estimate of drug-likeness (QED) is 0.282. The minimum atomic E-state index is -0.265. The van der Waals surface area contributed by atoms with Crippen molar-refractivity contribution in [1.29, 1.82) is 0 Å². The number of nitrogens with zero attached hydrogens (tertiary/aromatic N) is 4. The predicted octanol–water partition coefficient (Wildman–Crippen LogP) is 3.96. The molecule has 0 aliphatic rings. The zero-order valence-corrected chi connectivity index (χ0v) is 19.5. The van der Waals surface area contributed by atoms with Gasteiger partial charge in [0, 0.05) is 27.2 Å². The molecule has 0 fully saturated rings. The molecule has 10 nitrogen and oxygen atoms in total. The number of carbonyl (C=O) groups is 2. The van der Waals surface area contributed by atoms with Gasteiger partial charge >= 0.3 is 12.1 Å². The first-order chi connectivity index (χ1) is 16.5. The highest BCUT2D eigenvalue weighted by molar-refractivity contribution is 5.91. The van der Waals surface area contributed by atoms with Gasteiger partial charge in [-0.2, -0.15) is 0 Å². The van der Waals surface area contributed by atoms with Crippen molar-refractivity contribution in [3.8, 4) is 0 Å². The summed E-state index contributed by atoms with van der Waals surface area (Å²) in [7, 11) is 3.75. The second-order valence-corrected chi connectivity index (χ2v) is 8.14. The van der Waals surface area contributed by atoms with Crippen molar-refractivity contribution in [3.63, 3.8) is 0 Å². The van der Waals surface area contributed by atoms with Crippen molar-refractivity contribution in [2.24, 2.45) is 14.1 Å². The lowest BCUT2D eigenvalue weighted by Crippen LogP contribution is -2.31. The molecular weight excluding hydrogens is 432 g/mol. The third-order valence-electron chi connectivity index (χ3n) is 5.70. The molecule has 4 rings (SSSR count). The van der Waals surface area contributed by atoms with Gasteiger partial charge in [-0.1, -0.05) is 37.1 Å². The standard InChI is InChI=1S/C24H30N8O2/c1-31-19-13-7-5-11-17(19)27-21(31)29-23(33)25-15-9-3-4-10-16-26-24(34)30-22-28-18-12-6-8-14-20(18)32(22)2/h5-8,11-14H,3-4,9-10,15-16H2,1-2H3,(H2,25,27,29,33)(H2,26,28,30,34). The highest BCUT2D eigenvalue weighted by Gasteiger charge is 2.11. The van der Waals surface area contributed by atoms with E-state index >= 15 is 0 Å². The first-order valence-corrected chi connectivity index (χ1v) is 11.5. The molecule has 0 aliphatic heterocycles. The van der Waals surface area contributed by atoms with Gasteiger partial charge in [-0.3, -0.25) is 10.6 Å².